The number of carboxylic acids is 1. The molecule has 0 atom stereocenters. The number of halogens is 2. The van der Waals surface area contributed by atoms with Gasteiger partial charge in [-0.2, -0.15) is 10.5 Å². The first-order valence-electron chi connectivity index (χ1n) is 12.5. The molecule has 2 aromatic carbocycles. The van der Waals surface area contributed by atoms with Crippen LogP contribution in [0.3, 0.4) is 0 Å². The number of hydrogen-bond acceptors (Lipinski definition) is 6. The van der Waals surface area contributed by atoms with Crippen LogP contribution in [0.25, 0.3) is 22.3 Å². The van der Waals surface area contributed by atoms with E-state index >= 15 is 0 Å². The number of nitrogens with two attached hydrogens (primary N) is 1. The van der Waals surface area contributed by atoms with Crippen LogP contribution in [0.4, 0.5) is 0 Å². The highest BCUT2D eigenvalue weighted by Crippen LogP contribution is 2.49. The fourth-order valence-electron chi connectivity index (χ4n) is 4.47. The molecular weight excluding hydrogens is 545 g/mol. The minimum absolute atomic E-state index is 0.195. The van der Waals surface area contributed by atoms with Gasteiger partial charge in [-0.25, -0.2) is 0 Å². The Balaban J connectivity index is 0.000000162. The Bertz CT molecular complexity index is 1720. The molecule has 6 rings (SSSR count). The standard InChI is InChI=1S/C16H11ClN2O2.C15H12ClN3/c17-14-6-10(1-2-11(14)7-18)12-5-13(9-19-8-12)16(3-4-16)15(20)21;16-14-6-10(1-2-11(14)7-17)12-5-13(9-19-8-12)15(18)3-4-15/h1-2,5-6,8-9H,3-4H2,(H,20,21);1-2,5-6,8-9H,3-4,18H2. The molecule has 2 heterocycles. The highest BCUT2D eigenvalue weighted by Gasteiger charge is 2.52. The molecule has 9 heteroatoms. The summed E-state index contributed by atoms with van der Waals surface area (Å²) in [6.07, 6.45) is 10.2. The van der Waals surface area contributed by atoms with Crippen LogP contribution in [0.5, 0.6) is 0 Å². The number of nitrogens with zero attached hydrogens (tertiary/aromatic N) is 4. The molecule has 198 valence electrons. The predicted octanol–water partition coefficient (Wildman–Crippen LogP) is 6.61. The number of benzene rings is 2. The van der Waals surface area contributed by atoms with Crippen molar-refractivity contribution in [3.05, 3.63) is 106 Å². The summed E-state index contributed by atoms with van der Waals surface area (Å²) in [4.78, 5) is 19.8. The molecule has 2 aliphatic carbocycles. The number of pyridine rings is 2. The van der Waals surface area contributed by atoms with Crippen molar-refractivity contribution < 1.29 is 9.90 Å². The first kappa shape index (κ1) is 27.3. The molecule has 0 radical (unpaired) electrons. The Hall–Kier alpha value is -4.27. The Morgan fingerprint density at radius 2 is 1.23 bits per heavy atom. The molecule has 2 aliphatic rings. The molecule has 0 saturated heterocycles. The van der Waals surface area contributed by atoms with E-state index in [1.807, 2.05) is 24.4 Å². The van der Waals surface area contributed by atoms with Crippen LogP contribution in [-0.4, -0.2) is 21.0 Å². The van der Waals surface area contributed by atoms with Gasteiger partial charge in [-0.1, -0.05) is 35.3 Å². The summed E-state index contributed by atoms with van der Waals surface area (Å²) in [5.41, 5.74) is 11.4. The topological polar surface area (TPSA) is 137 Å². The van der Waals surface area contributed by atoms with Crippen molar-refractivity contribution in [3.63, 3.8) is 0 Å². The molecule has 0 aliphatic heterocycles. The lowest BCUT2D eigenvalue weighted by Gasteiger charge is -2.11. The smallest absolute Gasteiger partial charge is 0.314 e. The van der Waals surface area contributed by atoms with Gasteiger partial charge in [-0.3, -0.25) is 14.8 Å². The van der Waals surface area contributed by atoms with Gasteiger partial charge >= 0.3 is 5.97 Å². The van der Waals surface area contributed by atoms with E-state index in [1.165, 1.54) is 0 Å². The second kappa shape index (κ2) is 10.7. The van der Waals surface area contributed by atoms with Crippen molar-refractivity contribution in [1.29, 1.82) is 10.5 Å². The second-order valence-corrected chi connectivity index (χ2v) is 10.9. The van der Waals surface area contributed by atoms with Crippen LogP contribution in [0.15, 0.2) is 73.3 Å². The molecule has 0 unspecified atom stereocenters. The molecule has 4 aromatic rings. The van der Waals surface area contributed by atoms with Gasteiger partial charge < -0.3 is 10.8 Å². The van der Waals surface area contributed by atoms with E-state index in [0.29, 0.717) is 39.6 Å². The highest BCUT2D eigenvalue weighted by atomic mass is 35.5. The maximum absolute atomic E-state index is 11.4. The third kappa shape index (κ3) is 5.41. The van der Waals surface area contributed by atoms with E-state index < -0.39 is 11.4 Å². The van der Waals surface area contributed by atoms with E-state index in [1.54, 1.807) is 48.9 Å². The maximum Gasteiger partial charge on any atom is 0.314 e. The number of carbonyl (C=O) groups is 1. The average molecular weight is 568 g/mol. The Morgan fingerprint density at radius 1 is 0.750 bits per heavy atom. The van der Waals surface area contributed by atoms with Gasteiger partial charge in [-0.05, 0) is 84.3 Å². The monoisotopic (exact) mass is 567 g/mol. The number of carboxylic acid groups (broad SMARTS) is 1. The highest BCUT2D eigenvalue weighted by molar-refractivity contribution is 6.32. The lowest BCUT2D eigenvalue weighted by atomic mass is 9.95. The van der Waals surface area contributed by atoms with Crippen LogP contribution < -0.4 is 5.73 Å². The zero-order valence-corrected chi connectivity index (χ0v) is 22.7. The van der Waals surface area contributed by atoms with Gasteiger partial charge in [0, 0.05) is 41.5 Å². The van der Waals surface area contributed by atoms with Gasteiger partial charge in [0.05, 0.1) is 26.6 Å². The van der Waals surface area contributed by atoms with Gasteiger partial charge in [0.1, 0.15) is 12.1 Å². The molecule has 2 fully saturated rings. The number of rotatable bonds is 5. The average Bonchev–Trinajstić information content (AvgIpc) is 3.90. The van der Waals surface area contributed by atoms with Crippen molar-refractivity contribution in [1.82, 2.24) is 9.97 Å². The Labute approximate surface area is 241 Å². The molecule has 3 N–H and O–H groups in total. The summed E-state index contributed by atoms with van der Waals surface area (Å²) in [5.74, 6) is -0.806. The SMILES string of the molecule is N#Cc1ccc(-c2cncc(C3(C(=O)O)CC3)c2)cc1Cl.N#Cc1ccc(-c2cncc(C3(N)CC3)c2)cc1Cl. The number of aromatic nitrogens is 2. The molecule has 7 nitrogen and oxygen atoms in total. The first-order chi connectivity index (χ1) is 19.2. The lowest BCUT2D eigenvalue weighted by Crippen LogP contribution is -2.19. The summed E-state index contributed by atoms with van der Waals surface area (Å²) in [6.45, 7) is 0. The van der Waals surface area contributed by atoms with Gasteiger partial charge in [0.25, 0.3) is 0 Å². The summed E-state index contributed by atoms with van der Waals surface area (Å²) in [5, 5.41) is 27.9. The van der Waals surface area contributed by atoms with Crippen LogP contribution in [0, 0.1) is 22.7 Å². The summed E-state index contributed by atoms with van der Waals surface area (Å²) in [7, 11) is 0. The third-order valence-electron chi connectivity index (χ3n) is 7.40. The number of nitriles is 2. The van der Waals surface area contributed by atoms with E-state index in [2.05, 4.69) is 22.1 Å². The first-order valence-corrected chi connectivity index (χ1v) is 13.3. The molecule has 40 heavy (non-hydrogen) atoms. The normalized spacial score (nSPS) is 15.5. The third-order valence-corrected chi connectivity index (χ3v) is 8.02. The molecule has 2 saturated carbocycles. The van der Waals surface area contributed by atoms with Gasteiger partial charge in [0.2, 0.25) is 0 Å². The van der Waals surface area contributed by atoms with Crippen molar-refractivity contribution >= 4 is 29.2 Å². The van der Waals surface area contributed by atoms with E-state index in [4.69, 9.17) is 39.5 Å². The fourth-order valence-corrected chi connectivity index (χ4v) is 4.92. The zero-order valence-electron chi connectivity index (χ0n) is 21.2. The zero-order chi connectivity index (χ0) is 28.5. The predicted molar refractivity (Wildman–Crippen MR) is 152 cm³/mol. The van der Waals surface area contributed by atoms with Crippen molar-refractivity contribution in [2.75, 3.05) is 0 Å². The summed E-state index contributed by atoms with van der Waals surface area (Å²) < 4.78 is 0. The van der Waals surface area contributed by atoms with Gasteiger partial charge in [-0.15, -0.1) is 0 Å². The van der Waals surface area contributed by atoms with E-state index in [0.717, 1.165) is 40.7 Å². The van der Waals surface area contributed by atoms with E-state index in [-0.39, 0.29) is 5.54 Å². The molecule has 2 aromatic heterocycles. The Morgan fingerprint density at radius 3 is 1.62 bits per heavy atom. The quantitative estimate of drug-likeness (QED) is 0.276. The summed E-state index contributed by atoms with van der Waals surface area (Å²) in [6, 6.07) is 18.5. The minimum atomic E-state index is -0.806. The van der Waals surface area contributed by atoms with Gasteiger partial charge in [0.15, 0.2) is 0 Å². The minimum Gasteiger partial charge on any atom is -0.481 e. The van der Waals surface area contributed by atoms with Crippen LogP contribution >= 0.6 is 23.2 Å². The van der Waals surface area contributed by atoms with E-state index in [9.17, 15) is 9.90 Å². The molecule has 0 spiro atoms. The fraction of sp³-hybridized carbons (Fsp3) is 0.194. The number of hydrogen-bond donors (Lipinski definition) is 2. The maximum atomic E-state index is 11.4. The van der Waals surface area contributed by atoms with Crippen molar-refractivity contribution in [2.24, 2.45) is 5.73 Å². The molecule has 0 amide bonds. The largest absolute Gasteiger partial charge is 0.481 e. The van der Waals surface area contributed by atoms with Crippen molar-refractivity contribution in [2.45, 2.75) is 36.6 Å². The molecule has 0 bridgehead atoms. The van der Waals surface area contributed by atoms with Crippen LogP contribution in [0.1, 0.15) is 47.9 Å². The Kier molecular flexibility index (Phi) is 7.31. The lowest BCUT2D eigenvalue weighted by molar-refractivity contribution is -0.140. The van der Waals surface area contributed by atoms with Crippen molar-refractivity contribution in [3.8, 4) is 34.4 Å². The van der Waals surface area contributed by atoms with Crippen LogP contribution in [0.2, 0.25) is 10.0 Å². The van der Waals surface area contributed by atoms with Crippen LogP contribution in [-0.2, 0) is 15.7 Å². The number of aliphatic carboxylic acids is 1. The molecular formula is C31H23Cl2N5O2. The summed E-state index contributed by atoms with van der Waals surface area (Å²) >= 11 is 12.1. The second-order valence-electron chi connectivity index (χ2n) is 10.1.